The van der Waals surface area contributed by atoms with E-state index < -0.39 is 0 Å². The Balaban J connectivity index is 0.721. The molecule has 12 aromatic carbocycles. The molecule has 0 aliphatic carbocycles. The number of rotatable bonds is 9. The first-order valence-corrected chi connectivity index (χ1v) is 32.3. The highest BCUT2D eigenvalue weighted by Gasteiger charge is 2.25. The minimum absolute atomic E-state index is 0.572. The molecule has 9 nitrogen and oxygen atoms in total. The summed E-state index contributed by atoms with van der Waals surface area (Å²) in [5, 5.41) is 13.2. The van der Waals surface area contributed by atoms with E-state index in [2.05, 4.69) is 270 Å². The van der Waals surface area contributed by atoms with Crippen LogP contribution in [0.25, 0.3) is 199 Å². The minimum Gasteiger partial charge on any atom is -0.456 e. The Hall–Kier alpha value is -13.1. The van der Waals surface area contributed by atoms with Gasteiger partial charge in [-0.2, -0.15) is 0 Å². The van der Waals surface area contributed by atoms with E-state index in [0.717, 1.165) is 188 Å². The highest BCUT2D eigenvalue weighted by molar-refractivity contribution is 6.35. The molecule has 0 saturated heterocycles. The van der Waals surface area contributed by atoms with Crippen LogP contribution in [-0.2, 0) is 0 Å². The molecule has 0 spiro atoms. The van der Waals surface area contributed by atoms with Gasteiger partial charge in [-0.25, -0.2) is 24.9 Å². The van der Waals surface area contributed by atoms with Gasteiger partial charge in [0.1, 0.15) is 34.0 Å². The number of pyridine rings is 3. The van der Waals surface area contributed by atoms with Gasteiger partial charge >= 0.3 is 0 Å². The molecule has 0 bridgehead atoms. The molecular weight excluding hydrogens is 1180 g/mol. The van der Waals surface area contributed by atoms with Crippen LogP contribution in [0.15, 0.2) is 318 Å². The average Bonchev–Trinajstić information content (AvgIpc) is 1.54. The minimum atomic E-state index is 0.572. The Morgan fingerprint density at radius 1 is 0.250 bits per heavy atom. The summed E-state index contributed by atoms with van der Waals surface area (Å²) in [6.45, 7) is 0. The van der Waals surface area contributed by atoms with E-state index in [4.69, 9.17) is 33.8 Å². The van der Waals surface area contributed by atoms with Crippen LogP contribution in [0, 0.1) is 0 Å². The second-order valence-corrected chi connectivity index (χ2v) is 24.7. The molecule has 0 N–H and O–H groups in total. The molecule has 8 heterocycles. The molecule has 20 rings (SSSR count). The third kappa shape index (κ3) is 8.54. The Bertz CT molecular complexity index is 6490. The van der Waals surface area contributed by atoms with Gasteiger partial charge in [0, 0.05) is 88.9 Å². The first-order chi connectivity index (χ1) is 47.5. The van der Waals surface area contributed by atoms with Crippen LogP contribution in [-0.4, -0.2) is 34.1 Å². The Morgan fingerprint density at radius 3 is 1.48 bits per heavy atom. The van der Waals surface area contributed by atoms with Crippen LogP contribution in [0.5, 0.6) is 0 Å². The topological polar surface area (TPSA) is 101 Å². The van der Waals surface area contributed by atoms with E-state index in [0.29, 0.717) is 5.82 Å². The van der Waals surface area contributed by atoms with Gasteiger partial charge in [-0.15, -0.1) is 0 Å². The van der Waals surface area contributed by atoms with Crippen LogP contribution >= 0.6 is 0 Å². The average molecular weight is 1230 g/mol. The Kier molecular flexibility index (Phi) is 11.8. The van der Waals surface area contributed by atoms with Gasteiger partial charge in [-0.1, -0.05) is 200 Å². The van der Waals surface area contributed by atoms with Crippen LogP contribution in [0.2, 0.25) is 0 Å². The summed E-state index contributed by atoms with van der Waals surface area (Å²) in [6, 6.07) is 104. The molecule has 20 aromatic rings. The zero-order chi connectivity index (χ0) is 63.0. The predicted molar refractivity (Wildman–Crippen MR) is 392 cm³/mol. The normalized spacial score (nSPS) is 12.0. The van der Waals surface area contributed by atoms with Gasteiger partial charge in [0.05, 0.1) is 50.2 Å². The van der Waals surface area contributed by atoms with E-state index in [1.165, 1.54) is 5.39 Å². The molecule has 0 unspecified atom stereocenters. The van der Waals surface area contributed by atoms with Gasteiger partial charge in [0.25, 0.3) is 0 Å². The van der Waals surface area contributed by atoms with Crippen molar-refractivity contribution < 1.29 is 8.83 Å². The second kappa shape index (κ2) is 21.2. The van der Waals surface area contributed by atoms with Crippen molar-refractivity contribution in [3.05, 3.63) is 310 Å². The zero-order valence-electron chi connectivity index (χ0n) is 51.4. The summed E-state index contributed by atoms with van der Waals surface area (Å²) in [6.07, 6.45) is 3.90. The van der Waals surface area contributed by atoms with Crippen LogP contribution in [0.1, 0.15) is 0 Å². The van der Waals surface area contributed by atoms with E-state index in [1.807, 2.05) is 48.8 Å². The number of benzene rings is 12. The highest BCUT2D eigenvalue weighted by Crippen LogP contribution is 2.48. The summed E-state index contributed by atoms with van der Waals surface area (Å²) < 4.78 is 18.1. The summed E-state index contributed by atoms with van der Waals surface area (Å²) in [7, 11) is 0. The van der Waals surface area contributed by atoms with E-state index in [1.54, 1.807) is 0 Å². The van der Waals surface area contributed by atoms with Crippen molar-refractivity contribution in [3.63, 3.8) is 0 Å². The monoisotopic (exact) mass is 1230 g/mol. The SMILES string of the molecule is c1ccc(-c2cc(-c3ccc(-n4c5ccc(-c6cccc(-c7cc(-c8ccccc8)nc(-c8ccc(-n9c%10cc%11ccccc%11cc%10c%10cc%11oc%12ccccc%12c%11cc%109)nc8)n7)c6)cc5c5c6oc7ccccc7c6c6ccccc6c54)nc3)cc(-c3ccccc3)n2)cc1. The molecule has 0 fully saturated rings. The van der Waals surface area contributed by atoms with Gasteiger partial charge < -0.3 is 8.83 Å². The lowest BCUT2D eigenvalue weighted by atomic mass is 9.97. The number of para-hydroxylation sites is 2. The summed E-state index contributed by atoms with van der Waals surface area (Å²) in [5.41, 5.74) is 19.9. The molecule has 9 heteroatoms. The van der Waals surface area contributed by atoms with Crippen molar-refractivity contribution in [1.82, 2.24) is 34.1 Å². The first-order valence-electron chi connectivity index (χ1n) is 32.3. The summed E-state index contributed by atoms with van der Waals surface area (Å²) >= 11 is 0. The molecule has 0 aliphatic rings. The zero-order valence-corrected chi connectivity index (χ0v) is 51.4. The van der Waals surface area contributed by atoms with Crippen molar-refractivity contribution in [3.8, 4) is 90.3 Å². The molecular formula is C87H51N7O2. The molecule has 0 radical (unpaired) electrons. The number of furan rings is 2. The number of hydrogen-bond acceptors (Lipinski definition) is 7. The summed E-state index contributed by atoms with van der Waals surface area (Å²) in [4.78, 5) is 26.5. The molecule has 0 amide bonds. The van der Waals surface area contributed by atoms with Gasteiger partial charge in [-0.05, 0) is 130 Å². The fourth-order valence-corrected chi connectivity index (χ4v) is 14.6. The van der Waals surface area contributed by atoms with Crippen LogP contribution in [0.3, 0.4) is 0 Å². The quantitative estimate of drug-likeness (QED) is 0.142. The first kappa shape index (κ1) is 53.5. The molecule has 0 atom stereocenters. The molecule has 0 saturated carbocycles. The number of fused-ring (bicyclic) bond motifs is 17. The summed E-state index contributed by atoms with van der Waals surface area (Å²) in [5.74, 6) is 2.15. The van der Waals surface area contributed by atoms with E-state index in [9.17, 15) is 0 Å². The lowest BCUT2D eigenvalue weighted by Crippen LogP contribution is -1.99. The molecule has 96 heavy (non-hydrogen) atoms. The van der Waals surface area contributed by atoms with Crippen LogP contribution < -0.4 is 0 Å². The van der Waals surface area contributed by atoms with Crippen molar-refractivity contribution >= 4 is 109 Å². The van der Waals surface area contributed by atoms with E-state index >= 15 is 0 Å². The number of aromatic nitrogens is 7. The number of hydrogen-bond donors (Lipinski definition) is 0. The number of nitrogens with zero attached hydrogens (tertiary/aromatic N) is 7. The Morgan fingerprint density at radius 2 is 0.781 bits per heavy atom. The molecule has 8 aromatic heterocycles. The van der Waals surface area contributed by atoms with Crippen molar-refractivity contribution in [2.75, 3.05) is 0 Å². The maximum atomic E-state index is 7.06. The molecule has 446 valence electrons. The lowest BCUT2D eigenvalue weighted by molar-refractivity contribution is 0.669. The Labute approximate surface area is 548 Å². The second-order valence-electron chi connectivity index (χ2n) is 24.7. The standard InChI is InChI=1S/C87H51N7O2/c1-4-19-52(20-5-1)71-44-62(45-72(90-71)53-21-6-2-7-22-53)60-36-39-82(88-50-60)94-75-38-35-58(43-70(75)84-85(94)65-31-13-12-30-64(65)83-66-32-15-17-34-79(66)96-86(83)84)55-27-18-28-59(41-55)74-49-73(54-23-8-3-9-24-54)91-87(92-74)61-37-40-81(89-51-61)93-76-46-57-26-11-10-25-56(57)42-67(76)68-48-80-69(47-77(68)93)63-29-14-16-33-78(63)95-80/h1-51H. The van der Waals surface area contributed by atoms with E-state index in [-0.39, 0.29) is 0 Å². The van der Waals surface area contributed by atoms with Gasteiger partial charge in [0.15, 0.2) is 5.82 Å². The van der Waals surface area contributed by atoms with Crippen molar-refractivity contribution in [2.45, 2.75) is 0 Å². The van der Waals surface area contributed by atoms with Crippen LogP contribution in [0.4, 0.5) is 0 Å². The third-order valence-electron chi connectivity index (χ3n) is 19.2. The highest BCUT2D eigenvalue weighted by atomic mass is 16.3. The third-order valence-corrected chi connectivity index (χ3v) is 19.2. The maximum absolute atomic E-state index is 7.06. The van der Waals surface area contributed by atoms with Gasteiger partial charge in [-0.3, -0.25) is 9.13 Å². The molecule has 0 aliphatic heterocycles. The largest absolute Gasteiger partial charge is 0.456 e. The van der Waals surface area contributed by atoms with Crippen molar-refractivity contribution in [1.29, 1.82) is 0 Å². The van der Waals surface area contributed by atoms with Gasteiger partial charge in [0.2, 0.25) is 0 Å². The fourth-order valence-electron chi connectivity index (χ4n) is 14.6. The smallest absolute Gasteiger partial charge is 0.161 e. The predicted octanol–water partition coefficient (Wildman–Crippen LogP) is 22.6. The van der Waals surface area contributed by atoms with Crippen molar-refractivity contribution in [2.24, 2.45) is 0 Å². The fraction of sp³-hybridized carbons (Fsp3) is 0. The lowest BCUT2D eigenvalue weighted by Gasteiger charge is -2.12. The maximum Gasteiger partial charge on any atom is 0.161 e.